The molecule has 1 unspecified atom stereocenters. The zero-order valence-corrected chi connectivity index (χ0v) is 8.61. The molecule has 0 radical (unpaired) electrons. The van der Waals surface area contributed by atoms with Gasteiger partial charge in [-0.2, -0.15) is 0 Å². The molecule has 0 aliphatic carbocycles. The molecule has 1 aromatic heterocycles. The maximum absolute atomic E-state index is 13.2. The van der Waals surface area contributed by atoms with Gasteiger partial charge in [-0.05, 0) is 12.1 Å². The molecule has 1 atom stereocenters. The molecule has 5 nitrogen and oxygen atoms in total. The average molecular weight is 223 g/mol. The fourth-order valence-electron chi connectivity index (χ4n) is 1.53. The monoisotopic (exact) mass is 223 g/mol. The van der Waals surface area contributed by atoms with Crippen LogP contribution in [0.2, 0.25) is 0 Å². The Kier molecular flexibility index (Phi) is 2.55. The lowest BCUT2D eigenvalue weighted by Crippen LogP contribution is -2.32. The number of anilines is 1. The van der Waals surface area contributed by atoms with E-state index in [-0.39, 0.29) is 24.1 Å². The Morgan fingerprint density at radius 3 is 2.88 bits per heavy atom. The topological polar surface area (TPSA) is 62.3 Å². The van der Waals surface area contributed by atoms with E-state index in [1.54, 1.807) is 0 Å². The van der Waals surface area contributed by atoms with Crippen LogP contribution in [0.3, 0.4) is 0 Å². The van der Waals surface area contributed by atoms with E-state index >= 15 is 0 Å². The molecule has 6 heteroatoms. The van der Waals surface area contributed by atoms with Crippen molar-refractivity contribution in [3.05, 3.63) is 24.1 Å². The van der Waals surface area contributed by atoms with Gasteiger partial charge < -0.3 is 5.32 Å². The zero-order chi connectivity index (χ0) is 11.7. The summed E-state index contributed by atoms with van der Waals surface area (Å²) >= 11 is 0. The SMILES string of the molecule is CN1C(=O)CC(Nc2ncccc2F)C1=O. The molecule has 1 aliphatic heterocycles. The predicted molar refractivity (Wildman–Crippen MR) is 54.0 cm³/mol. The van der Waals surface area contributed by atoms with Crippen molar-refractivity contribution in [1.82, 2.24) is 9.88 Å². The second-order valence-electron chi connectivity index (χ2n) is 3.53. The fraction of sp³-hybridized carbons (Fsp3) is 0.300. The first-order valence-electron chi connectivity index (χ1n) is 4.77. The van der Waals surface area contributed by atoms with Crippen molar-refractivity contribution in [2.24, 2.45) is 0 Å². The Labute approximate surface area is 91.3 Å². The first kappa shape index (κ1) is 10.5. The number of hydrogen-bond donors (Lipinski definition) is 1. The first-order chi connectivity index (χ1) is 7.59. The highest BCUT2D eigenvalue weighted by Gasteiger charge is 2.36. The number of imide groups is 1. The molecule has 84 valence electrons. The lowest BCUT2D eigenvalue weighted by molar-refractivity contribution is -0.136. The molecule has 0 aromatic carbocycles. The van der Waals surface area contributed by atoms with E-state index < -0.39 is 11.9 Å². The minimum atomic E-state index is -0.720. The fourth-order valence-corrected chi connectivity index (χ4v) is 1.53. The van der Waals surface area contributed by atoms with Gasteiger partial charge in [0, 0.05) is 13.2 Å². The summed E-state index contributed by atoms with van der Waals surface area (Å²) in [7, 11) is 1.40. The number of nitrogens with zero attached hydrogens (tertiary/aromatic N) is 2. The van der Waals surface area contributed by atoms with Crippen molar-refractivity contribution in [2.75, 3.05) is 12.4 Å². The van der Waals surface area contributed by atoms with Crippen LogP contribution < -0.4 is 5.32 Å². The number of amides is 2. The molecule has 1 aliphatic rings. The van der Waals surface area contributed by atoms with Crippen LogP contribution in [0.25, 0.3) is 0 Å². The van der Waals surface area contributed by atoms with Crippen molar-refractivity contribution in [2.45, 2.75) is 12.5 Å². The van der Waals surface area contributed by atoms with Gasteiger partial charge in [0.05, 0.1) is 6.42 Å². The van der Waals surface area contributed by atoms with Crippen molar-refractivity contribution < 1.29 is 14.0 Å². The van der Waals surface area contributed by atoms with Gasteiger partial charge in [-0.1, -0.05) is 0 Å². The van der Waals surface area contributed by atoms with E-state index in [0.29, 0.717) is 0 Å². The number of carbonyl (C=O) groups is 2. The second-order valence-corrected chi connectivity index (χ2v) is 3.53. The van der Waals surface area contributed by atoms with Gasteiger partial charge in [0.2, 0.25) is 5.91 Å². The molecule has 2 heterocycles. The summed E-state index contributed by atoms with van der Waals surface area (Å²) in [5.74, 6) is -1.20. The highest BCUT2D eigenvalue weighted by molar-refractivity contribution is 6.06. The number of rotatable bonds is 2. The summed E-state index contributed by atoms with van der Waals surface area (Å²) in [6.45, 7) is 0. The Bertz CT molecular complexity index is 449. The van der Waals surface area contributed by atoms with Gasteiger partial charge in [0.15, 0.2) is 11.6 Å². The molecule has 1 aromatic rings. The summed E-state index contributed by atoms with van der Waals surface area (Å²) in [5.41, 5.74) is 0. The van der Waals surface area contributed by atoms with E-state index in [2.05, 4.69) is 10.3 Å². The van der Waals surface area contributed by atoms with Gasteiger partial charge in [-0.3, -0.25) is 14.5 Å². The number of nitrogens with one attached hydrogen (secondary N) is 1. The van der Waals surface area contributed by atoms with Crippen molar-refractivity contribution in [3.63, 3.8) is 0 Å². The highest BCUT2D eigenvalue weighted by Crippen LogP contribution is 2.17. The van der Waals surface area contributed by atoms with Crippen LogP contribution in [0.4, 0.5) is 10.2 Å². The zero-order valence-electron chi connectivity index (χ0n) is 8.61. The number of pyridine rings is 1. The lowest BCUT2D eigenvalue weighted by atomic mass is 10.2. The normalized spacial score (nSPS) is 20.4. The maximum Gasteiger partial charge on any atom is 0.251 e. The van der Waals surface area contributed by atoms with Crippen LogP contribution in [0.5, 0.6) is 0 Å². The number of likely N-dealkylation sites (tertiary alicyclic amines) is 1. The van der Waals surface area contributed by atoms with Gasteiger partial charge in [-0.15, -0.1) is 0 Å². The van der Waals surface area contributed by atoms with Gasteiger partial charge in [0.1, 0.15) is 6.04 Å². The summed E-state index contributed by atoms with van der Waals surface area (Å²) in [6.07, 6.45) is 1.45. The van der Waals surface area contributed by atoms with Crippen molar-refractivity contribution in [3.8, 4) is 0 Å². The first-order valence-corrected chi connectivity index (χ1v) is 4.77. The molecule has 16 heavy (non-hydrogen) atoms. The Hall–Kier alpha value is -1.98. The molecule has 2 amide bonds. The Balaban J connectivity index is 2.15. The van der Waals surface area contributed by atoms with Crippen LogP contribution >= 0.6 is 0 Å². The molecule has 0 bridgehead atoms. The van der Waals surface area contributed by atoms with Gasteiger partial charge in [0.25, 0.3) is 5.91 Å². The minimum absolute atomic E-state index is 0.0102. The second kappa shape index (κ2) is 3.88. The smallest absolute Gasteiger partial charge is 0.251 e. The molecule has 2 rings (SSSR count). The van der Waals surface area contributed by atoms with Crippen LogP contribution in [-0.4, -0.2) is 34.8 Å². The molecular weight excluding hydrogens is 213 g/mol. The van der Waals surface area contributed by atoms with E-state index in [4.69, 9.17) is 0 Å². The van der Waals surface area contributed by atoms with E-state index in [9.17, 15) is 14.0 Å². The predicted octanol–water partition coefficient (Wildman–Crippen LogP) is 0.390. The quantitative estimate of drug-likeness (QED) is 0.737. The third-order valence-corrected chi connectivity index (χ3v) is 2.45. The standard InChI is InChI=1S/C10H10FN3O2/c1-14-8(15)5-7(10(14)16)13-9-6(11)3-2-4-12-9/h2-4,7H,5H2,1H3,(H,12,13). The number of hydrogen-bond acceptors (Lipinski definition) is 4. The Morgan fingerprint density at radius 1 is 1.56 bits per heavy atom. The summed E-state index contributed by atoms with van der Waals surface area (Å²) < 4.78 is 13.2. The molecule has 1 N–H and O–H groups in total. The molecule has 0 saturated carbocycles. The van der Waals surface area contributed by atoms with E-state index in [1.165, 1.54) is 25.4 Å². The lowest BCUT2D eigenvalue weighted by Gasteiger charge is -2.11. The number of halogens is 1. The average Bonchev–Trinajstić information content (AvgIpc) is 2.50. The number of likely N-dealkylation sites (N-methyl/N-ethyl adjacent to an activating group) is 1. The van der Waals surface area contributed by atoms with Gasteiger partial charge >= 0.3 is 0 Å². The largest absolute Gasteiger partial charge is 0.356 e. The molecule has 1 fully saturated rings. The van der Waals surface area contributed by atoms with E-state index in [1.807, 2.05) is 0 Å². The van der Waals surface area contributed by atoms with Crippen molar-refractivity contribution in [1.29, 1.82) is 0 Å². The summed E-state index contributed by atoms with van der Waals surface area (Å²) in [4.78, 5) is 27.5. The van der Waals surface area contributed by atoms with E-state index in [0.717, 1.165) is 4.90 Å². The maximum atomic E-state index is 13.2. The highest BCUT2D eigenvalue weighted by atomic mass is 19.1. The molecule has 0 spiro atoms. The molecular formula is C10H10FN3O2. The minimum Gasteiger partial charge on any atom is -0.356 e. The van der Waals surface area contributed by atoms with Crippen LogP contribution in [-0.2, 0) is 9.59 Å². The Morgan fingerprint density at radius 2 is 2.31 bits per heavy atom. The summed E-state index contributed by atoms with van der Waals surface area (Å²) in [6, 6.07) is 1.97. The van der Waals surface area contributed by atoms with Crippen molar-refractivity contribution >= 4 is 17.6 Å². The van der Waals surface area contributed by atoms with Crippen LogP contribution in [0, 0.1) is 5.82 Å². The molecule has 1 saturated heterocycles. The third kappa shape index (κ3) is 1.73. The third-order valence-electron chi connectivity index (χ3n) is 2.45. The van der Waals surface area contributed by atoms with Gasteiger partial charge in [-0.25, -0.2) is 9.37 Å². The van der Waals surface area contributed by atoms with Crippen LogP contribution in [0.1, 0.15) is 6.42 Å². The summed E-state index contributed by atoms with van der Waals surface area (Å²) in [5, 5.41) is 2.62. The van der Waals surface area contributed by atoms with Crippen LogP contribution in [0.15, 0.2) is 18.3 Å². The number of carbonyl (C=O) groups excluding carboxylic acids is 2. The number of aromatic nitrogens is 1.